The van der Waals surface area contributed by atoms with Gasteiger partial charge >= 0.3 is 6.03 Å². The van der Waals surface area contributed by atoms with Gasteiger partial charge in [0.25, 0.3) is 0 Å². The summed E-state index contributed by atoms with van der Waals surface area (Å²) in [6.45, 7) is 9.67. The minimum Gasteiger partial charge on any atom is -0.369 e. The van der Waals surface area contributed by atoms with E-state index < -0.39 is 19.9 Å². The molecule has 2 bridgehead atoms. The predicted molar refractivity (Wildman–Crippen MR) is 145 cm³/mol. The molecule has 5 aliphatic rings. The summed E-state index contributed by atoms with van der Waals surface area (Å²) in [4.78, 5) is 21.7. The number of sulfone groups is 1. The largest absolute Gasteiger partial charge is 0.369 e. The van der Waals surface area contributed by atoms with Gasteiger partial charge in [0.15, 0.2) is 9.84 Å². The van der Waals surface area contributed by atoms with E-state index in [1.54, 1.807) is 4.90 Å². The van der Waals surface area contributed by atoms with Crippen LogP contribution in [0.25, 0.3) is 0 Å². The number of piperazine rings is 1. The first-order valence-corrected chi connectivity index (χ1v) is 16.8. The van der Waals surface area contributed by atoms with E-state index in [0.717, 1.165) is 24.3 Å². The fourth-order valence-electron chi connectivity index (χ4n) is 6.51. The quantitative estimate of drug-likeness (QED) is 0.554. The highest BCUT2D eigenvalue weighted by Crippen LogP contribution is 2.43. The topological polar surface area (TPSA) is 102 Å². The lowest BCUT2D eigenvalue weighted by Gasteiger charge is -2.48. The van der Waals surface area contributed by atoms with Gasteiger partial charge in [-0.3, -0.25) is 0 Å². The van der Waals surface area contributed by atoms with Gasteiger partial charge in [0, 0.05) is 70.3 Å². The lowest BCUT2D eigenvalue weighted by molar-refractivity contribution is 0.153. The van der Waals surface area contributed by atoms with Crippen molar-refractivity contribution in [2.24, 2.45) is 11.3 Å². The number of carbonyl (C=O) groups is 1. The molecule has 0 aliphatic carbocycles. The molecule has 5 aliphatic heterocycles. The van der Waals surface area contributed by atoms with Crippen molar-refractivity contribution in [3.63, 3.8) is 0 Å². The number of piperidine rings is 1. The first kappa shape index (κ1) is 26.6. The van der Waals surface area contributed by atoms with Crippen molar-refractivity contribution in [1.29, 1.82) is 0 Å². The average Bonchev–Trinajstić information content (AvgIpc) is 3.10. The number of sulfonamides is 1. The van der Waals surface area contributed by atoms with Gasteiger partial charge in [0.1, 0.15) is 0 Å². The molecule has 206 valence electrons. The lowest BCUT2D eigenvalue weighted by atomic mass is 9.73. The zero-order valence-corrected chi connectivity index (χ0v) is 23.7. The molecule has 1 aromatic carbocycles. The summed E-state index contributed by atoms with van der Waals surface area (Å²) in [6, 6.07) is 8.66. The second-order valence-corrected chi connectivity index (χ2v) is 16.0. The number of anilines is 2. The van der Waals surface area contributed by atoms with E-state index in [0.29, 0.717) is 45.2 Å². The predicted octanol–water partition coefficient (Wildman–Crippen LogP) is 1.16. The van der Waals surface area contributed by atoms with Crippen molar-refractivity contribution in [2.75, 3.05) is 86.5 Å². The summed E-state index contributed by atoms with van der Waals surface area (Å²) in [7, 11) is -6.19. The van der Waals surface area contributed by atoms with Gasteiger partial charge in [-0.15, -0.1) is 0 Å². The van der Waals surface area contributed by atoms with Crippen molar-refractivity contribution in [1.82, 2.24) is 14.1 Å². The van der Waals surface area contributed by atoms with Crippen molar-refractivity contribution < 1.29 is 21.6 Å². The number of nitrogens with zero attached hydrogens (tertiary/aromatic N) is 5. The lowest BCUT2D eigenvalue weighted by Crippen LogP contribution is -2.55. The van der Waals surface area contributed by atoms with Crippen LogP contribution in [-0.2, 0) is 19.9 Å². The molecular formula is C25H39N5O5S2. The number of benzene rings is 1. The number of carbonyl (C=O) groups excluding carboxylic acids is 1. The highest BCUT2D eigenvalue weighted by atomic mass is 32.2. The Labute approximate surface area is 221 Å². The molecule has 2 amide bonds. The summed E-state index contributed by atoms with van der Waals surface area (Å²) >= 11 is 0. The molecule has 1 aromatic rings. The van der Waals surface area contributed by atoms with Gasteiger partial charge in [0.05, 0.1) is 23.8 Å². The van der Waals surface area contributed by atoms with Crippen molar-refractivity contribution >= 4 is 37.3 Å². The Hall–Kier alpha value is -2.05. The van der Waals surface area contributed by atoms with Crippen LogP contribution in [-0.4, -0.2) is 120 Å². The van der Waals surface area contributed by atoms with E-state index in [1.165, 1.54) is 10.6 Å². The van der Waals surface area contributed by atoms with Gasteiger partial charge in [-0.2, -0.15) is 4.31 Å². The third-order valence-electron chi connectivity index (χ3n) is 8.56. The van der Waals surface area contributed by atoms with Crippen LogP contribution < -0.4 is 9.80 Å². The van der Waals surface area contributed by atoms with E-state index in [9.17, 15) is 21.6 Å². The Morgan fingerprint density at radius 1 is 0.865 bits per heavy atom. The number of hydrogen-bond acceptors (Lipinski definition) is 7. The fourth-order valence-corrected chi connectivity index (χ4v) is 8.54. The first-order chi connectivity index (χ1) is 17.3. The summed E-state index contributed by atoms with van der Waals surface area (Å²) in [5.74, 6) is 0.439. The molecule has 2 atom stereocenters. The Morgan fingerprint density at radius 2 is 1.46 bits per heavy atom. The van der Waals surface area contributed by atoms with Crippen LogP contribution in [0, 0.1) is 11.3 Å². The van der Waals surface area contributed by atoms with E-state index >= 15 is 0 Å². The fraction of sp³-hybridized carbons (Fsp3) is 0.720. The number of fused-ring (bicyclic) bond motifs is 4. The maximum atomic E-state index is 13.4. The molecule has 5 heterocycles. The molecule has 6 rings (SSSR count). The van der Waals surface area contributed by atoms with Gasteiger partial charge in [-0.05, 0) is 42.0 Å². The normalized spacial score (nSPS) is 28.3. The van der Waals surface area contributed by atoms with Crippen molar-refractivity contribution in [2.45, 2.75) is 26.3 Å². The highest BCUT2D eigenvalue weighted by molar-refractivity contribution is 7.91. The molecule has 2 unspecified atom stereocenters. The molecule has 0 spiro atoms. The van der Waals surface area contributed by atoms with Gasteiger partial charge in [-0.25, -0.2) is 21.6 Å². The molecular weight excluding hydrogens is 514 g/mol. The monoisotopic (exact) mass is 553 g/mol. The maximum Gasteiger partial charge on any atom is 0.320 e. The van der Waals surface area contributed by atoms with Crippen LogP contribution in [0.4, 0.5) is 16.2 Å². The van der Waals surface area contributed by atoms with Gasteiger partial charge in [-0.1, -0.05) is 13.8 Å². The van der Waals surface area contributed by atoms with Crippen LogP contribution >= 0.6 is 0 Å². The molecule has 0 radical (unpaired) electrons. The zero-order chi connectivity index (χ0) is 26.6. The van der Waals surface area contributed by atoms with E-state index in [2.05, 4.69) is 47.9 Å². The minimum absolute atomic E-state index is 0.0316. The molecule has 5 fully saturated rings. The van der Waals surface area contributed by atoms with Gasteiger partial charge < -0.3 is 19.6 Å². The van der Waals surface area contributed by atoms with E-state index in [1.807, 2.05) is 4.90 Å². The molecule has 12 heteroatoms. The zero-order valence-electron chi connectivity index (χ0n) is 22.0. The molecule has 0 aromatic heterocycles. The summed E-state index contributed by atoms with van der Waals surface area (Å²) in [6.07, 6.45) is 2.31. The summed E-state index contributed by atoms with van der Waals surface area (Å²) < 4.78 is 48.9. The smallest absolute Gasteiger partial charge is 0.320 e. The minimum atomic E-state index is -3.15. The molecule has 0 saturated carbocycles. The Bertz CT molecular complexity index is 1210. The van der Waals surface area contributed by atoms with Crippen molar-refractivity contribution in [3.8, 4) is 0 Å². The summed E-state index contributed by atoms with van der Waals surface area (Å²) in [5.41, 5.74) is 2.26. The standard InChI is InChI=1S/C25H39N5O5S2/c1-25(2)16-20-17-28(24(31)27-12-14-37(34,35)15-13-27)19-23(25)30(18-20)22-6-4-21(5-7-22)26-8-10-29(11-9-26)36(3,32)33/h4-7,20,23H,8-19H2,1-3H3. The Morgan fingerprint density at radius 3 is 2.05 bits per heavy atom. The second kappa shape index (κ2) is 9.60. The van der Waals surface area contributed by atoms with E-state index in [-0.39, 0.29) is 42.1 Å². The molecule has 5 saturated heterocycles. The third kappa shape index (κ3) is 5.56. The molecule has 10 nitrogen and oxygen atoms in total. The van der Waals surface area contributed by atoms with Crippen LogP contribution in [0.2, 0.25) is 0 Å². The Kier molecular flexibility index (Phi) is 6.89. The van der Waals surface area contributed by atoms with Crippen LogP contribution in [0.3, 0.4) is 0 Å². The van der Waals surface area contributed by atoms with Crippen LogP contribution in [0.5, 0.6) is 0 Å². The second-order valence-electron chi connectivity index (χ2n) is 11.7. The highest BCUT2D eigenvalue weighted by Gasteiger charge is 2.47. The Balaban J connectivity index is 1.29. The SMILES string of the molecule is CC1(C)CC2CN(C(=O)N3CCS(=O)(=O)CC3)CC1N(c1ccc(N3CCN(S(C)(=O)=O)CC3)cc1)C2. The summed E-state index contributed by atoms with van der Waals surface area (Å²) in [5, 5.41) is 0. The van der Waals surface area contributed by atoms with Gasteiger partial charge in [0.2, 0.25) is 10.0 Å². The first-order valence-electron chi connectivity index (χ1n) is 13.1. The number of urea groups is 1. The number of hydrogen-bond donors (Lipinski definition) is 0. The van der Waals surface area contributed by atoms with E-state index in [4.69, 9.17) is 0 Å². The van der Waals surface area contributed by atoms with Crippen molar-refractivity contribution in [3.05, 3.63) is 24.3 Å². The molecule has 0 N–H and O–H groups in total. The average molecular weight is 554 g/mol. The number of rotatable bonds is 3. The maximum absolute atomic E-state index is 13.4. The van der Waals surface area contributed by atoms with Crippen LogP contribution in [0.15, 0.2) is 24.3 Å². The molecule has 37 heavy (non-hydrogen) atoms. The van der Waals surface area contributed by atoms with Crippen LogP contribution in [0.1, 0.15) is 20.3 Å². The third-order valence-corrected chi connectivity index (χ3v) is 11.5. The number of amides is 2.